The number of halogens is 3. The summed E-state index contributed by atoms with van der Waals surface area (Å²) in [4.78, 5) is 2.49. The van der Waals surface area contributed by atoms with E-state index in [0.29, 0.717) is 13.1 Å². The van der Waals surface area contributed by atoms with Crippen molar-refractivity contribution in [3.63, 3.8) is 0 Å². The Labute approximate surface area is 150 Å². The lowest BCUT2D eigenvalue weighted by molar-refractivity contribution is 0.179. The first-order chi connectivity index (χ1) is 10.5. The van der Waals surface area contributed by atoms with Crippen LogP contribution in [0.3, 0.4) is 0 Å². The summed E-state index contributed by atoms with van der Waals surface area (Å²) in [6, 6.07) is 3.97. The third-order valence-electron chi connectivity index (χ3n) is 4.31. The highest BCUT2D eigenvalue weighted by molar-refractivity contribution is 9.10. The molecular formula is C14H20BrClFN3O2S. The van der Waals surface area contributed by atoms with Gasteiger partial charge in [0.15, 0.2) is 0 Å². The van der Waals surface area contributed by atoms with Crippen LogP contribution in [-0.4, -0.2) is 62.9 Å². The Hall–Kier alpha value is -0.250. The SMILES string of the molecule is Cl.O=S(=O)(c1ccc(F)cc1Br)N1CCC(N2CCNCC2)C1. The first-order valence-corrected chi connectivity index (χ1v) is 9.62. The van der Waals surface area contributed by atoms with Crippen molar-refractivity contribution >= 4 is 38.4 Å². The van der Waals surface area contributed by atoms with E-state index in [1.807, 2.05) is 0 Å². The lowest BCUT2D eigenvalue weighted by atomic mass is 10.2. The van der Waals surface area contributed by atoms with E-state index in [4.69, 9.17) is 0 Å². The van der Waals surface area contributed by atoms with Crippen molar-refractivity contribution in [3.8, 4) is 0 Å². The molecule has 1 aromatic rings. The van der Waals surface area contributed by atoms with Crippen LogP contribution in [0.5, 0.6) is 0 Å². The minimum absolute atomic E-state index is 0. The second-order valence-electron chi connectivity index (χ2n) is 5.67. The summed E-state index contributed by atoms with van der Waals surface area (Å²) in [6.45, 7) is 4.84. The van der Waals surface area contributed by atoms with Gasteiger partial charge in [-0.25, -0.2) is 12.8 Å². The molecule has 1 N–H and O–H groups in total. The Bertz CT molecular complexity index is 655. The van der Waals surface area contributed by atoms with E-state index >= 15 is 0 Å². The molecule has 3 rings (SSSR count). The number of rotatable bonds is 3. The zero-order valence-electron chi connectivity index (χ0n) is 12.5. The highest BCUT2D eigenvalue weighted by atomic mass is 79.9. The van der Waals surface area contributed by atoms with Crippen molar-refractivity contribution in [1.82, 2.24) is 14.5 Å². The Morgan fingerprint density at radius 1 is 1.22 bits per heavy atom. The van der Waals surface area contributed by atoms with Crippen molar-refractivity contribution in [2.24, 2.45) is 0 Å². The number of hydrogen-bond donors (Lipinski definition) is 1. The first-order valence-electron chi connectivity index (χ1n) is 7.38. The number of nitrogens with one attached hydrogen (secondary N) is 1. The molecule has 23 heavy (non-hydrogen) atoms. The van der Waals surface area contributed by atoms with Gasteiger partial charge in [0.25, 0.3) is 0 Å². The van der Waals surface area contributed by atoms with E-state index in [1.54, 1.807) is 0 Å². The average molecular weight is 429 g/mol. The van der Waals surface area contributed by atoms with Gasteiger partial charge in [0.05, 0.1) is 4.90 Å². The van der Waals surface area contributed by atoms with E-state index in [9.17, 15) is 12.8 Å². The second-order valence-corrected chi connectivity index (χ2v) is 8.43. The van der Waals surface area contributed by atoms with Gasteiger partial charge in [-0.1, -0.05) is 0 Å². The first kappa shape index (κ1) is 19.1. The zero-order valence-corrected chi connectivity index (χ0v) is 15.8. The molecule has 2 fully saturated rings. The molecule has 9 heteroatoms. The molecule has 2 aliphatic rings. The molecule has 0 aliphatic carbocycles. The molecule has 1 unspecified atom stereocenters. The topological polar surface area (TPSA) is 52.7 Å². The maximum atomic E-state index is 13.2. The van der Waals surface area contributed by atoms with Crippen molar-refractivity contribution in [3.05, 3.63) is 28.5 Å². The molecule has 1 aromatic carbocycles. The van der Waals surface area contributed by atoms with Gasteiger partial charge in [-0.2, -0.15) is 4.31 Å². The molecule has 2 heterocycles. The van der Waals surface area contributed by atoms with Crippen LogP contribution in [0.1, 0.15) is 6.42 Å². The Kier molecular flexibility index (Phi) is 6.43. The minimum Gasteiger partial charge on any atom is -0.314 e. The van der Waals surface area contributed by atoms with Crippen LogP contribution >= 0.6 is 28.3 Å². The van der Waals surface area contributed by atoms with Gasteiger partial charge in [0.2, 0.25) is 10.0 Å². The van der Waals surface area contributed by atoms with Gasteiger partial charge < -0.3 is 5.32 Å². The smallest absolute Gasteiger partial charge is 0.244 e. The van der Waals surface area contributed by atoms with E-state index in [-0.39, 0.29) is 27.8 Å². The molecule has 2 aliphatic heterocycles. The van der Waals surface area contributed by atoms with Crippen LogP contribution < -0.4 is 5.32 Å². The number of benzene rings is 1. The molecule has 0 spiro atoms. The fourth-order valence-corrected chi connectivity index (χ4v) is 5.60. The lowest BCUT2D eigenvalue weighted by Gasteiger charge is -2.32. The summed E-state index contributed by atoms with van der Waals surface area (Å²) < 4.78 is 40.4. The normalized spacial score (nSPS) is 23.7. The van der Waals surface area contributed by atoms with E-state index in [1.165, 1.54) is 22.5 Å². The molecule has 0 bridgehead atoms. The highest BCUT2D eigenvalue weighted by Crippen LogP contribution is 2.29. The quantitative estimate of drug-likeness (QED) is 0.796. The summed E-state index contributed by atoms with van der Waals surface area (Å²) in [5.74, 6) is -0.453. The van der Waals surface area contributed by atoms with Crippen LogP contribution in [0.4, 0.5) is 4.39 Å². The Morgan fingerprint density at radius 2 is 1.91 bits per heavy atom. The summed E-state index contributed by atoms with van der Waals surface area (Å²) in [6.07, 6.45) is 0.845. The van der Waals surface area contributed by atoms with Crippen LogP contribution in [0, 0.1) is 5.82 Å². The summed E-state index contributed by atoms with van der Waals surface area (Å²) >= 11 is 3.16. The lowest BCUT2D eigenvalue weighted by Crippen LogP contribution is -2.49. The van der Waals surface area contributed by atoms with E-state index in [2.05, 4.69) is 26.1 Å². The molecule has 0 amide bonds. The monoisotopic (exact) mass is 427 g/mol. The maximum absolute atomic E-state index is 13.2. The van der Waals surface area contributed by atoms with Crippen molar-refractivity contribution in [1.29, 1.82) is 0 Å². The van der Waals surface area contributed by atoms with Crippen LogP contribution in [0.25, 0.3) is 0 Å². The summed E-state index contributed by atoms with van der Waals surface area (Å²) in [5, 5.41) is 3.30. The fourth-order valence-electron chi connectivity index (χ4n) is 3.10. The minimum atomic E-state index is -3.58. The molecule has 0 radical (unpaired) electrons. The highest BCUT2D eigenvalue weighted by Gasteiger charge is 2.36. The predicted molar refractivity (Wildman–Crippen MR) is 93.0 cm³/mol. The van der Waals surface area contributed by atoms with Crippen LogP contribution in [-0.2, 0) is 10.0 Å². The Morgan fingerprint density at radius 3 is 2.57 bits per heavy atom. The third-order valence-corrected chi connectivity index (χ3v) is 7.15. The summed E-state index contributed by atoms with van der Waals surface area (Å²) in [7, 11) is -3.58. The molecular weight excluding hydrogens is 409 g/mol. The van der Waals surface area contributed by atoms with Gasteiger partial charge in [0, 0.05) is 49.8 Å². The van der Waals surface area contributed by atoms with Gasteiger partial charge in [-0.15, -0.1) is 12.4 Å². The number of hydrogen-bond acceptors (Lipinski definition) is 4. The van der Waals surface area contributed by atoms with Crippen molar-refractivity contribution < 1.29 is 12.8 Å². The van der Waals surface area contributed by atoms with E-state index < -0.39 is 15.8 Å². The number of sulfonamides is 1. The van der Waals surface area contributed by atoms with Crippen LogP contribution in [0.15, 0.2) is 27.6 Å². The van der Waals surface area contributed by atoms with Gasteiger partial charge >= 0.3 is 0 Å². The largest absolute Gasteiger partial charge is 0.314 e. The molecule has 5 nitrogen and oxygen atoms in total. The standard InChI is InChI=1S/C14H19BrFN3O2S.ClH/c15-13-9-11(16)1-2-14(13)22(20,21)19-6-3-12(10-19)18-7-4-17-5-8-18;/h1-2,9,12,17H,3-8,10H2;1H. The summed E-state index contributed by atoms with van der Waals surface area (Å²) in [5.41, 5.74) is 0. The molecule has 130 valence electrons. The van der Waals surface area contributed by atoms with Crippen molar-refractivity contribution in [2.45, 2.75) is 17.4 Å². The van der Waals surface area contributed by atoms with Gasteiger partial charge in [-0.3, -0.25) is 4.90 Å². The third kappa shape index (κ3) is 4.05. The fraction of sp³-hybridized carbons (Fsp3) is 0.571. The average Bonchev–Trinajstić information content (AvgIpc) is 2.98. The molecule has 1 atom stereocenters. The zero-order chi connectivity index (χ0) is 15.7. The number of piperazine rings is 1. The molecule has 0 saturated carbocycles. The Balaban J connectivity index is 0.00000192. The van der Waals surface area contributed by atoms with Crippen molar-refractivity contribution in [2.75, 3.05) is 39.3 Å². The molecule has 0 aromatic heterocycles. The molecule has 2 saturated heterocycles. The van der Waals surface area contributed by atoms with Crippen LogP contribution in [0.2, 0.25) is 0 Å². The van der Waals surface area contributed by atoms with E-state index in [0.717, 1.165) is 32.6 Å². The van der Waals surface area contributed by atoms with Gasteiger partial charge in [0.1, 0.15) is 5.82 Å². The van der Waals surface area contributed by atoms with Gasteiger partial charge in [-0.05, 0) is 40.5 Å². The second kappa shape index (κ2) is 7.76. The maximum Gasteiger partial charge on any atom is 0.244 e. The predicted octanol–water partition coefficient (Wildman–Crippen LogP) is 1.68. The number of nitrogens with zero attached hydrogens (tertiary/aromatic N) is 2.